The van der Waals surface area contributed by atoms with Crippen LogP contribution in [0.2, 0.25) is 0 Å². The van der Waals surface area contributed by atoms with Gasteiger partial charge in [-0.15, -0.1) is 0 Å². The third-order valence-electron chi connectivity index (χ3n) is 3.91. The highest BCUT2D eigenvalue weighted by molar-refractivity contribution is 5.79. The van der Waals surface area contributed by atoms with E-state index < -0.39 is 0 Å². The molecule has 0 saturated heterocycles. The van der Waals surface area contributed by atoms with E-state index in [1.54, 1.807) is 0 Å². The second-order valence-electron chi connectivity index (χ2n) is 5.32. The summed E-state index contributed by atoms with van der Waals surface area (Å²) in [5.74, 6) is 0.549. The van der Waals surface area contributed by atoms with Gasteiger partial charge in [-0.1, -0.05) is 6.07 Å². The zero-order valence-electron chi connectivity index (χ0n) is 12.3. The Bertz CT molecular complexity index is 794. The highest BCUT2D eigenvalue weighted by Crippen LogP contribution is 2.22. The Morgan fingerprint density at radius 3 is 2.60 bits per heavy atom. The van der Waals surface area contributed by atoms with Gasteiger partial charge in [0.15, 0.2) is 0 Å². The zero-order valence-corrected chi connectivity index (χ0v) is 12.3. The first-order valence-corrected chi connectivity index (χ1v) is 6.69. The van der Waals surface area contributed by atoms with E-state index in [-0.39, 0.29) is 0 Å². The van der Waals surface area contributed by atoms with Crippen LogP contribution in [-0.4, -0.2) is 19.3 Å². The maximum atomic E-state index is 6.08. The minimum Gasteiger partial charge on any atom is -0.369 e. The molecule has 2 N–H and O–H groups in total. The first-order valence-electron chi connectivity index (χ1n) is 6.69. The van der Waals surface area contributed by atoms with Crippen molar-refractivity contribution in [1.29, 1.82) is 0 Å². The molecule has 2 heterocycles. The van der Waals surface area contributed by atoms with Crippen LogP contribution in [0.4, 0.5) is 5.95 Å². The van der Waals surface area contributed by atoms with Gasteiger partial charge < -0.3 is 10.3 Å². The second-order valence-corrected chi connectivity index (χ2v) is 5.32. The van der Waals surface area contributed by atoms with Crippen LogP contribution in [0.3, 0.4) is 0 Å². The summed E-state index contributed by atoms with van der Waals surface area (Å²) in [6, 6.07) is 6.19. The molecular weight excluding hydrogens is 250 g/mol. The highest BCUT2D eigenvalue weighted by Gasteiger charge is 2.14. The van der Waals surface area contributed by atoms with Crippen LogP contribution >= 0.6 is 0 Å². The van der Waals surface area contributed by atoms with Gasteiger partial charge in [0.25, 0.3) is 0 Å². The molecule has 5 heteroatoms. The van der Waals surface area contributed by atoms with Gasteiger partial charge in [-0.05, 0) is 38.5 Å². The Kier molecular flexibility index (Phi) is 2.78. The number of hydrogen-bond donors (Lipinski definition) is 1. The second kappa shape index (κ2) is 4.37. The van der Waals surface area contributed by atoms with E-state index in [9.17, 15) is 0 Å². The number of aromatic nitrogens is 4. The molecule has 104 valence electrons. The summed E-state index contributed by atoms with van der Waals surface area (Å²) in [4.78, 5) is 4.43. The molecule has 5 nitrogen and oxygen atoms in total. The van der Waals surface area contributed by atoms with E-state index in [0.717, 1.165) is 22.4 Å². The van der Waals surface area contributed by atoms with Crippen LogP contribution < -0.4 is 5.73 Å². The number of anilines is 1. The summed E-state index contributed by atoms with van der Waals surface area (Å²) >= 11 is 0. The molecule has 0 aliphatic heterocycles. The lowest BCUT2D eigenvalue weighted by molar-refractivity contribution is 0.728. The third kappa shape index (κ3) is 1.86. The number of fused-ring (bicyclic) bond motifs is 1. The zero-order chi connectivity index (χ0) is 14.4. The molecular formula is C15H19N5. The van der Waals surface area contributed by atoms with Gasteiger partial charge in [0, 0.05) is 18.3 Å². The maximum absolute atomic E-state index is 6.08. The fourth-order valence-electron chi connectivity index (χ4n) is 2.62. The van der Waals surface area contributed by atoms with Gasteiger partial charge in [0.05, 0.1) is 23.3 Å². The van der Waals surface area contributed by atoms with E-state index in [4.69, 9.17) is 5.73 Å². The van der Waals surface area contributed by atoms with Gasteiger partial charge in [0.1, 0.15) is 0 Å². The Morgan fingerprint density at radius 1 is 1.20 bits per heavy atom. The maximum Gasteiger partial charge on any atom is 0.201 e. The molecule has 0 bridgehead atoms. The van der Waals surface area contributed by atoms with E-state index >= 15 is 0 Å². The summed E-state index contributed by atoms with van der Waals surface area (Å²) in [5, 5.41) is 4.46. The molecule has 0 saturated carbocycles. The largest absolute Gasteiger partial charge is 0.369 e. The first-order chi connectivity index (χ1) is 9.47. The van der Waals surface area contributed by atoms with Crippen molar-refractivity contribution >= 4 is 17.0 Å². The van der Waals surface area contributed by atoms with Crippen LogP contribution in [0.15, 0.2) is 18.2 Å². The summed E-state index contributed by atoms with van der Waals surface area (Å²) in [6.07, 6.45) is 0. The summed E-state index contributed by atoms with van der Waals surface area (Å²) in [5.41, 5.74) is 12.7. The van der Waals surface area contributed by atoms with Gasteiger partial charge in [-0.3, -0.25) is 4.68 Å². The average Bonchev–Trinajstić information content (AvgIpc) is 2.82. The van der Waals surface area contributed by atoms with Crippen LogP contribution in [0.1, 0.15) is 22.5 Å². The van der Waals surface area contributed by atoms with Crippen molar-refractivity contribution in [3.63, 3.8) is 0 Å². The van der Waals surface area contributed by atoms with Crippen molar-refractivity contribution in [2.24, 2.45) is 7.05 Å². The molecule has 1 aromatic carbocycles. The monoisotopic (exact) mass is 269 g/mol. The van der Waals surface area contributed by atoms with E-state index in [2.05, 4.69) is 40.6 Å². The van der Waals surface area contributed by atoms with Crippen molar-refractivity contribution in [1.82, 2.24) is 19.3 Å². The Morgan fingerprint density at radius 2 is 1.95 bits per heavy atom. The summed E-state index contributed by atoms with van der Waals surface area (Å²) < 4.78 is 3.96. The van der Waals surface area contributed by atoms with Gasteiger partial charge in [-0.2, -0.15) is 5.10 Å². The predicted octanol–water partition coefficient (Wildman–Crippen LogP) is 2.33. The molecule has 0 aliphatic carbocycles. The Labute approximate surface area is 118 Å². The van der Waals surface area contributed by atoms with E-state index in [1.807, 2.05) is 24.7 Å². The lowest BCUT2D eigenvalue weighted by atomic mass is 10.2. The molecule has 0 atom stereocenters. The third-order valence-corrected chi connectivity index (χ3v) is 3.91. The number of hydrogen-bond acceptors (Lipinski definition) is 3. The number of aryl methyl sites for hydroxylation is 3. The fourth-order valence-corrected chi connectivity index (χ4v) is 2.62. The van der Waals surface area contributed by atoms with Crippen molar-refractivity contribution < 1.29 is 0 Å². The Balaban J connectivity index is 2.15. The Hall–Kier alpha value is -2.30. The molecule has 0 spiro atoms. The van der Waals surface area contributed by atoms with E-state index in [1.165, 1.54) is 11.1 Å². The number of benzene rings is 1. The van der Waals surface area contributed by atoms with Crippen molar-refractivity contribution in [2.75, 3.05) is 5.73 Å². The summed E-state index contributed by atoms with van der Waals surface area (Å²) in [7, 11) is 1.96. The molecule has 0 amide bonds. The van der Waals surface area contributed by atoms with E-state index in [0.29, 0.717) is 12.5 Å². The molecule has 2 aromatic heterocycles. The van der Waals surface area contributed by atoms with Crippen molar-refractivity contribution in [2.45, 2.75) is 27.3 Å². The minimum atomic E-state index is 0.549. The predicted molar refractivity (Wildman–Crippen MR) is 80.7 cm³/mol. The molecule has 0 unspecified atom stereocenters. The number of imidazole rings is 1. The number of nitrogens with two attached hydrogens (primary N) is 1. The fraction of sp³-hybridized carbons (Fsp3) is 0.333. The molecule has 0 radical (unpaired) electrons. The average molecular weight is 269 g/mol. The van der Waals surface area contributed by atoms with Crippen molar-refractivity contribution in [3.8, 4) is 0 Å². The first kappa shape index (κ1) is 12.7. The number of nitrogens with zero attached hydrogens (tertiary/aromatic N) is 4. The van der Waals surface area contributed by atoms with Crippen LogP contribution in [0, 0.1) is 20.8 Å². The standard InChI is InChI=1S/C15H19N5/c1-9-5-6-13-14(7-9)20(15(16)17-13)8-12-10(2)18-19(4)11(12)3/h5-7H,8H2,1-4H3,(H2,16,17). The SMILES string of the molecule is Cc1ccc2nc(N)n(Cc3c(C)nn(C)c3C)c2c1. The van der Waals surface area contributed by atoms with Gasteiger partial charge in [-0.25, -0.2) is 4.98 Å². The molecule has 3 aromatic rings. The van der Waals surface area contributed by atoms with Gasteiger partial charge in [0.2, 0.25) is 5.95 Å². The number of nitrogen functional groups attached to an aromatic ring is 1. The minimum absolute atomic E-state index is 0.549. The van der Waals surface area contributed by atoms with Gasteiger partial charge >= 0.3 is 0 Å². The topological polar surface area (TPSA) is 61.7 Å². The normalized spacial score (nSPS) is 11.4. The van der Waals surface area contributed by atoms with Crippen LogP contribution in [0.25, 0.3) is 11.0 Å². The number of rotatable bonds is 2. The molecule has 3 rings (SSSR count). The van der Waals surface area contributed by atoms with Crippen LogP contribution in [0.5, 0.6) is 0 Å². The smallest absolute Gasteiger partial charge is 0.201 e. The quantitative estimate of drug-likeness (QED) is 0.776. The highest BCUT2D eigenvalue weighted by atomic mass is 15.3. The lowest BCUT2D eigenvalue weighted by Gasteiger charge is -2.07. The molecule has 20 heavy (non-hydrogen) atoms. The van der Waals surface area contributed by atoms with Crippen molar-refractivity contribution in [3.05, 3.63) is 40.7 Å². The lowest BCUT2D eigenvalue weighted by Crippen LogP contribution is -2.06. The molecule has 0 fully saturated rings. The summed E-state index contributed by atoms with van der Waals surface area (Å²) in [6.45, 7) is 6.89. The van der Waals surface area contributed by atoms with Crippen LogP contribution in [-0.2, 0) is 13.6 Å². The molecule has 0 aliphatic rings.